The molecule has 2 aromatic rings. The molecule has 0 aliphatic rings. The molecule has 0 radical (unpaired) electrons. The molecular weight excluding hydrogens is 382 g/mol. The fraction of sp³-hybridized carbons (Fsp3) is 0.591. The van der Waals surface area contributed by atoms with Crippen LogP contribution in [-0.2, 0) is 34.0 Å². The number of nitrogens with one attached hydrogen (secondary N) is 1. The quantitative estimate of drug-likeness (QED) is 0.276. The van der Waals surface area contributed by atoms with Crippen LogP contribution in [0.5, 0.6) is 0 Å². The Kier molecular flexibility index (Phi) is 10.0. The molecule has 6 nitrogen and oxygen atoms in total. The molecule has 0 bridgehead atoms. The third-order valence-electron chi connectivity index (χ3n) is 4.53. The Morgan fingerprint density at radius 1 is 1.03 bits per heavy atom. The van der Waals surface area contributed by atoms with Gasteiger partial charge in [-0.15, -0.1) is 0 Å². The van der Waals surface area contributed by atoms with E-state index >= 15 is 0 Å². The zero-order chi connectivity index (χ0) is 21.1. The minimum Gasteiger partial charge on any atom is -0.361 e. The number of nitrogens with zero attached hydrogens (tertiary/aromatic N) is 2. The number of hydrogen-bond acceptors (Lipinski definition) is 5. The molecule has 7 heteroatoms. The van der Waals surface area contributed by atoms with Gasteiger partial charge in [0.2, 0.25) is 0 Å². The highest BCUT2D eigenvalue weighted by Crippen LogP contribution is 2.19. The van der Waals surface area contributed by atoms with E-state index in [9.17, 15) is 0 Å². The average Bonchev–Trinajstić information content (AvgIpc) is 3.12. The lowest BCUT2D eigenvalue weighted by Crippen LogP contribution is -2.22. The Morgan fingerprint density at radius 2 is 1.72 bits per heavy atom. The van der Waals surface area contributed by atoms with Crippen LogP contribution in [0.4, 0.5) is 0 Å². The van der Waals surface area contributed by atoms with Crippen LogP contribution in [0.2, 0.25) is 25.7 Å². The van der Waals surface area contributed by atoms with Crippen LogP contribution >= 0.6 is 0 Å². The minimum absolute atomic E-state index is 0.291. The van der Waals surface area contributed by atoms with Crippen molar-refractivity contribution in [2.45, 2.75) is 65.6 Å². The lowest BCUT2D eigenvalue weighted by Gasteiger charge is -2.17. The molecule has 0 amide bonds. The molecule has 1 aromatic heterocycles. The summed E-state index contributed by atoms with van der Waals surface area (Å²) in [6.45, 7) is 15.2. The molecule has 0 aliphatic carbocycles. The summed E-state index contributed by atoms with van der Waals surface area (Å²) < 4.78 is 19.2. The van der Waals surface area contributed by atoms with Crippen LogP contribution in [-0.4, -0.2) is 37.4 Å². The fourth-order valence-corrected chi connectivity index (χ4v) is 3.58. The SMILES string of the molecule is CCOC(OCC)c1ccc(CNCc2nccn2COCC[Si](C)(C)C)cc1. The normalized spacial score (nSPS) is 12.1. The van der Waals surface area contributed by atoms with Gasteiger partial charge in [-0.2, -0.15) is 0 Å². The minimum atomic E-state index is -1.05. The number of benzene rings is 1. The van der Waals surface area contributed by atoms with Crippen molar-refractivity contribution in [3.05, 3.63) is 53.6 Å². The second-order valence-electron chi connectivity index (χ2n) is 8.25. The summed E-state index contributed by atoms with van der Waals surface area (Å²) in [7, 11) is -1.05. The molecule has 0 atom stereocenters. The Morgan fingerprint density at radius 3 is 2.34 bits per heavy atom. The number of ether oxygens (including phenoxy) is 3. The molecule has 1 heterocycles. The molecule has 0 saturated carbocycles. The van der Waals surface area contributed by atoms with Gasteiger partial charge >= 0.3 is 0 Å². The second kappa shape index (κ2) is 12.2. The van der Waals surface area contributed by atoms with Crippen molar-refractivity contribution in [2.24, 2.45) is 0 Å². The summed E-state index contributed by atoms with van der Waals surface area (Å²) >= 11 is 0. The van der Waals surface area contributed by atoms with Crippen LogP contribution in [0.3, 0.4) is 0 Å². The van der Waals surface area contributed by atoms with E-state index in [4.69, 9.17) is 14.2 Å². The van der Waals surface area contributed by atoms with E-state index in [1.807, 2.05) is 26.2 Å². The average molecular weight is 420 g/mol. The Bertz CT molecular complexity index is 692. The number of hydrogen-bond donors (Lipinski definition) is 1. The summed E-state index contributed by atoms with van der Waals surface area (Å²) in [5, 5.41) is 3.46. The fourth-order valence-electron chi connectivity index (χ4n) is 2.82. The third kappa shape index (κ3) is 8.80. The first-order chi connectivity index (χ1) is 13.9. The van der Waals surface area contributed by atoms with Crippen molar-refractivity contribution >= 4 is 8.07 Å². The van der Waals surface area contributed by atoms with Crippen LogP contribution in [0.1, 0.15) is 37.1 Å². The summed E-state index contributed by atoms with van der Waals surface area (Å²) in [5.41, 5.74) is 2.26. The van der Waals surface area contributed by atoms with E-state index in [0.29, 0.717) is 26.5 Å². The van der Waals surface area contributed by atoms with E-state index in [0.717, 1.165) is 24.5 Å². The molecule has 2 rings (SSSR count). The van der Waals surface area contributed by atoms with E-state index in [1.165, 1.54) is 11.6 Å². The smallest absolute Gasteiger partial charge is 0.183 e. The lowest BCUT2D eigenvalue weighted by molar-refractivity contribution is -0.140. The van der Waals surface area contributed by atoms with Gasteiger partial charge in [-0.1, -0.05) is 43.9 Å². The second-order valence-corrected chi connectivity index (χ2v) is 13.9. The molecule has 29 heavy (non-hydrogen) atoms. The van der Waals surface area contributed by atoms with E-state index in [-0.39, 0.29) is 6.29 Å². The Labute approximate surface area is 176 Å². The molecule has 0 fully saturated rings. The van der Waals surface area contributed by atoms with Gasteiger partial charge in [-0.25, -0.2) is 4.98 Å². The van der Waals surface area contributed by atoms with Crippen molar-refractivity contribution in [1.29, 1.82) is 0 Å². The maximum Gasteiger partial charge on any atom is 0.183 e. The standard InChI is InChI=1S/C22H37N3O3Si/c1-6-27-22(28-7-2)20-10-8-19(9-11-20)16-23-17-21-24-12-13-25(21)18-26-14-15-29(3,4)5/h8-13,22-23H,6-7,14-18H2,1-5H3. The number of imidazole rings is 1. The molecular formula is C22H37N3O3Si. The van der Waals surface area contributed by atoms with Crippen LogP contribution < -0.4 is 5.32 Å². The number of aromatic nitrogens is 2. The maximum absolute atomic E-state index is 5.84. The third-order valence-corrected chi connectivity index (χ3v) is 6.23. The molecule has 162 valence electrons. The van der Waals surface area contributed by atoms with Crippen molar-refractivity contribution in [1.82, 2.24) is 14.9 Å². The van der Waals surface area contributed by atoms with Gasteiger partial charge in [-0.3, -0.25) is 0 Å². The topological polar surface area (TPSA) is 57.5 Å². The highest BCUT2D eigenvalue weighted by atomic mass is 28.3. The van der Waals surface area contributed by atoms with Gasteiger partial charge in [0.05, 0.1) is 6.54 Å². The summed E-state index contributed by atoms with van der Waals surface area (Å²) in [6.07, 6.45) is 3.51. The Hall–Kier alpha value is -1.51. The predicted octanol–water partition coefficient (Wildman–Crippen LogP) is 4.56. The van der Waals surface area contributed by atoms with Crippen molar-refractivity contribution in [3.63, 3.8) is 0 Å². The van der Waals surface area contributed by atoms with Gasteiger partial charge in [0.25, 0.3) is 0 Å². The zero-order valence-corrected chi connectivity index (χ0v) is 19.6. The summed E-state index contributed by atoms with van der Waals surface area (Å²) in [6, 6.07) is 9.54. The molecule has 0 unspecified atom stereocenters. The largest absolute Gasteiger partial charge is 0.361 e. The van der Waals surface area contributed by atoms with E-state index in [1.54, 1.807) is 0 Å². The monoisotopic (exact) mass is 419 g/mol. The molecule has 0 spiro atoms. The van der Waals surface area contributed by atoms with Crippen molar-refractivity contribution in [3.8, 4) is 0 Å². The van der Waals surface area contributed by atoms with E-state index < -0.39 is 8.07 Å². The van der Waals surface area contributed by atoms with Crippen LogP contribution in [0.15, 0.2) is 36.7 Å². The number of rotatable bonds is 14. The highest BCUT2D eigenvalue weighted by molar-refractivity contribution is 6.76. The molecule has 0 aliphatic heterocycles. The van der Waals surface area contributed by atoms with Gasteiger partial charge in [0.15, 0.2) is 6.29 Å². The highest BCUT2D eigenvalue weighted by Gasteiger charge is 2.13. The van der Waals surface area contributed by atoms with Gasteiger partial charge < -0.3 is 24.1 Å². The van der Waals surface area contributed by atoms with Gasteiger partial charge in [0.1, 0.15) is 12.6 Å². The van der Waals surface area contributed by atoms with Crippen LogP contribution in [0.25, 0.3) is 0 Å². The summed E-state index contributed by atoms with van der Waals surface area (Å²) in [5.74, 6) is 0.988. The summed E-state index contributed by atoms with van der Waals surface area (Å²) in [4.78, 5) is 4.45. The first kappa shape index (κ1) is 23.8. The zero-order valence-electron chi connectivity index (χ0n) is 18.6. The Balaban J connectivity index is 1.78. The first-order valence-electron chi connectivity index (χ1n) is 10.5. The van der Waals surface area contributed by atoms with Crippen LogP contribution in [0, 0.1) is 0 Å². The van der Waals surface area contributed by atoms with E-state index in [2.05, 4.69) is 58.8 Å². The molecule has 1 N–H and O–H groups in total. The lowest BCUT2D eigenvalue weighted by atomic mass is 10.1. The molecule has 1 aromatic carbocycles. The maximum atomic E-state index is 5.84. The first-order valence-corrected chi connectivity index (χ1v) is 14.2. The van der Waals surface area contributed by atoms with Crippen molar-refractivity contribution < 1.29 is 14.2 Å². The van der Waals surface area contributed by atoms with Crippen molar-refractivity contribution in [2.75, 3.05) is 19.8 Å². The van der Waals surface area contributed by atoms with Gasteiger partial charge in [-0.05, 0) is 25.5 Å². The molecule has 0 saturated heterocycles. The predicted molar refractivity (Wildman–Crippen MR) is 119 cm³/mol. The van der Waals surface area contributed by atoms with Gasteiger partial charge in [0, 0.05) is 52.4 Å².